The molecule has 0 aliphatic heterocycles. The molecule has 7 nitrogen and oxygen atoms in total. The Morgan fingerprint density at radius 3 is 2.20 bits per heavy atom. The molecule has 1 aliphatic rings. The number of nitrogens with zero attached hydrogens (tertiary/aromatic N) is 1. The fourth-order valence-electron chi connectivity index (χ4n) is 2.23. The topological polar surface area (TPSA) is 95.6 Å². The molecule has 0 atom stereocenters. The second kappa shape index (κ2) is 7.13. The smallest absolute Gasteiger partial charge is 0.254 e. The van der Waals surface area contributed by atoms with E-state index in [0.717, 1.165) is 12.8 Å². The Balaban J connectivity index is 2.00. The van der Waals surface area contributed by atoms with Crippen molar-refractivity contribution in [3.05, 3.63) is 29.8 Å². The second-order valence-electron chi connectivity index (χ2n) is 7.38. The second-order valence-corrected chi connectivity index (χ2v) is 9.09. The van der Waals surface area contributed by atoms with E-state index in [9.17, 15) is 18.0 Å². The molecule has 2 rings (SSSR count). The van der Waals surface area contributed by atoms with Crippen molar-refractivity contribution in [3.63, 3.8) is 0 Å². The molecule has 2 amide bonds. The lowest BCUT2D eigenvalue weighted by Gasteiger charge is -2.23. The molecule has 1 aromatic carbocycles. The van der Waals surface area contributed by atoms with Crippen LogP contribution in [0.15, 0.2) is 29.2 Å². The molecule has 0 radical (unpaired) electrons. The number of carbonyl (C=O) groups excluding carboxylic acids is 2. The highest BCUT2D eigenvalue weighted by molar-refractivity contribution is 7.89. The van der Waals surface area contributed by atoms with Crippen LogP contribution >= 0.6 is 0 Å². The summed E-state index contributed by atoms with van der Waals surface area (Å²) in [4.78, 5) is 25.7. The maximum atomic E-state index is 12.4. The molecule has 0 spiro atoms. The van der Waals surface area contributed by atoms with E-state index in [-0.39, 0.29) is 34.8 Å². The summed E-state index contributed by atoms with van der Waals surface area (Å²) < 4.78 is 26.8. The summed E-state index contributed by atoms with van der Waals surface area (Å²) in [5.74, 6) is -0.598. The van der Waals surface area contributed by atoms with Crippen molar-refractivity contribution in [2.75, 3.05) is 13.6 Å². The zero-order chi connectivity index (χ0) is 18.8. The molecule has 1 saturated carbocycles. The summed E-state index contributed by atoms with van der Waals surface area (Å²) in [5.41, 5.74) is -0.0395. The normalized spacial score (nSPS) is 14.9. The first-order valence-corrected chi connectivity index (χ1v) is 9.65. The van der Waals surface area contributed by atoms with Gasteiger partial charge in [0, 0.05) is 24.2 Å². The number of rotatable bonds is 6. The van der Waals surface area contributed by atoms with Crippen LogP contribution in [0.2, 0.25) is 0 Å². The van der Waals surface area contributed by atoms with Crippen LogP contribution < -0.4 is 10.0 Å². The Kier molecular flexibility index (Phi) is 5.53. The predicted octanol–water partition coefficient (Wildman–Crippen LogP) is 1.11. The molecule has 0 aromatic heterocycles. The molecule has 1 fully saturated rings. The van der Waals surface area contributed by atoms with Gasteiger partial charge >= 0.3 is 0 Å². The molecule has 25 heavy (non-hydrogen) atoms. The molecule has 138 valence electrons. The molecule has 0 saturated heterocycles. The van der Waals surface area contributed by atoms with Gasteiger partial charge in [-0.2, -0.15) is 0 Å². The van der Waals surface area contributed by atoms with Crippen molar-refractivity contribution < 1.29 is 18.0 Å². The number of benzene rings is 1. The van der Waals surface area contributed by atoms with Gasteiger partial charge < -0.3 is 10.2 Å². The van der Waals surface area contributed by atoms with Crippen LogP contribution in [-0.4, -0.2) is 50.3 Å². The van der Waals surface area contributed by atoms with Gasteiger partial charge in [-0.15, -0.1) is 0 Å². The van der Waals surface area contributed by atoms with Crippen LogP contribution in [-0.2, 0) is 14.8 Å². The first kappa shape index (κ1) is 19.4. The third-order valence-corrected chi connectivity index (χ3v) is 5.09. The van der Waals surface area contributed by atoms with Gasteiger partial charge in [-0.05, 0) is 57.9 Å². The summed E-state index contributed by atoms with van der Waals surface area (Å²) in [6.07, 6.45) is 1.72. The summed E-state index contributed by atoms with van der Waals surface area (Å²) in [7, 11) is -2.01. The largest absolute Gasteiger partial charge is 0.350 e. The van der Waals surface area contributed by atoms with Gasteiger partial charge in [0.1, 0.15) is 0 Å². The van der Waals surface area contributed by atoms with Crippen LogP contribution in [0.25, 0.3) is 0 Å². The van der Waals surface area contributed by atoms with E-state index in [1.807, 2.05) is 20.8 Å². The molecular formula is C17H25N3O4S. The van der Waals surface area contributed by atoms with Gasteiger partial charge in [0.15, 0.2) is 0 Å². The Morgan fingerprint density at radius 1 is 1.16 bits per heavy atom. The maximum Gasteiger partial charge on any atom is 0.254 e. The summed E-state index contributed by atoms with van der Waals surface area (Å²) >= 11 is 0. The number of carbonyl (C=O) groups is 2. The van der Waals surface area contributed by atoms with Crippen molar-refractivity contribution in [1.82, 2.24) is 14.9 Å². The van der Waals surface area contributed by atoms with Crippen LogP contribution in [0.4, 0.5) is 0 Å². The SMILES string of the molecule is CN(CC(=O)NC(C)(C)C)C(=O)c1ccc(S(=O)(=O)NC2CC2)cc1. The van der Waals surface area contributed by atoms with Gasteiger partial charge in [0.2, 0.25) is 15.9 Å². The van der Waals surface area contributed by atoms with E-state index in [4.69, 9.17) is 0 Å². The van der Waals surface area contributed by atoms with Crippen LogP contribution in [0.3, 0.4) is 0 Å². The molecule has 0 unspecified atom stereocenters. The first-order chi connectivity index (χ1) is 11.5. The van der Waals surface area contributed by atoms with Gasteiger partial charge in [-0.3, -0.25) is 9.59 Å². The van der Waals surface area contributed by atoms with Crippen molar-refractivity contribution in [2.24, 2.45) is 0 Å². The lowest BCUT2D eigenvalue weighted by molar-refractivity contribution is -0.122. The van der Waals surface area contributed by atoms with Crippen molar-refractivity contribution in [2.45, 2.75) is 50.1 Å². The number of hydrogen-bond donors (Lipinski definition) is 2. The van der Waals surface area contributed by atoms with Gasteiger partial charge in [0.25, 0.3) is 5.91 Å². The fourth-order valence-corrected chi connectivity index (χ4v) is 3.54. The molecular weight excluding hydrogens is 342 g/mol. The molecule has 1 aromatic rings. The summed E-state index contributed by atoms with van der Waals surface area (Å²) in [6, 6.07) is 5.75. The average molecular weight is 367 g/mol. The van der Waals surface area contributed by atoms with Crippen LogP contribution in [0.1, 0.15) is 44.0 Å². The van der Waals surface area contributed by atoms with Gasteiger partial charge in [0.05, 0.1) is 11.4 Å². The van der Waals surface area contributed by atoms with E-state index in [1.165, 1.54) is 36.2 Å². The Labute approximate surface area is 148 Å². The lowest BCUT2D eigenvalue weighted by atomic mass is 10.1. The molecule has 1 aliphatic carbocycles. The minimum atomic E-state index is -3.54. The third-order valence-electron chi connectivity index (χ3n) is 3.55. The Hall–Kier alpha value is -1.93. The van der Waals surface area contributed by atoms with E-state index < -0.39 is 10.0 Å². The quantitative estimate of drug-likeness (QED) is 0.787. The summed E-state index contributed by atoms with van der Waals surface area (Å²) in [5, 5.41) is 2.79. The van der Waals surface area contributed by atoms with Crippen molar-refractivity contribution >= 4 is 21.8 Å². The number of sulfonamides is 1. The van der Waals surface area contributed by atoms with E-state index in [1.54, 1.807) is 0 Å². The zero-order valence-electron chi connectivity index (χ0n) is 15.0. The number of likely N-dealkylation sites (N-methyl/N-ethyl adjacent to an activating group) is 1. The van der Waals surface area contributed by atoms with Crippen LogP contribution in [0.5, 0.6) is 0 Å². The molecule has 0 bridgehead atoms. The standard InChI is InChI=1S/C17H25N3O4S/c1-17(2,3)18-15(21)11-20(4)16(22)12-5-9-14(10-6-12)25(23,24)19-13-7-8-13/h5-6,9-10,13,19H,7-8,11H2,1-4H3,(H,18,21). The zero-order valence-corrected chi connectivity index (χ0v) is 15.8. The fraction of sp³-hybridized carbons (Fsp3) is 0.529. The van der Waals surface area contributed by atoms with E-state index >= 15 is 0 Å². The van der Waals surface area contributed by atoms with E-state index in [2.05, 4.69) is 10.0 Å². The number of nitrogens with one attached hydrogen (secondary N) is 2. The van der Waals surface area contributed by atoms with Gasteiger partial charge in [-0.1, -0.05) is 0 Å². The first-order valence-electron chi connectivity index (χ1n) is 8.17. The highest BCUT2D eigenvalue weighted by Crippen LogP contribution is 2.22. The predicted molar refractivity (Wildman–Crippen MR) is 94.6 cm³/mol. The molecule has 0 heterocycles. The minimum Gasteiger partial charge on any atom is -0.350 e. The third kappa shape index (κ3) is 5.82. The molecule has 8 heteroatoms. The van der Waals surface area contributed by atoms with Crippen LogP contribution in [0, 0.1) is 0 Å². The van der Waals surface area contributed by atoms with Crippen molar-refractivity contribution in [1.29, 1.82) is 0 Å². The maximum absolute atomic E-state index is 12.4. The highest BCUT2D eigenvalue weighted by atomic mass is 32.2. The van der Waals surface area contributed by atoms with Gasteiger partial charge in [-0.25, -0.2) is 13.1 Å². The average Bonchev–Trinajstić information content (AvgIpc) is 3.27. The number of hydrogen-bond acceptors (Lipinski definition) is 4. The highest BCUT2D eigenvalue weighted by Gasteiger charge is 2.28. The molecule has 2 N–H and O–H groups in total. The summed E-state index contributed by atoms with van der Waals surface area (Å²) in [6.45, 7) is 5.52. The minimum absolute atomic E-state index is 0.0266. The lowest BCUT2D eigenvalue weighted by Crippen LogP contribution is -2.46. The van der Waals surface area contributed by atoms with E-state index in [0.29, 0.717) is 5.56 Å². The van der Waals surface area contributed by atoms with Crippen molar-refractivity contribution in [3.8, 4) is 0 Å². The Bertz CT molecular complexity index is 747. The monoisotopic (exact) mass is 367 g/mol. The number of amides is 2. The Morgan fingerprint density at radius 2 is 1.72 bits per heavy atom.